The number of nitrogens with zero attached hydrogens (tertiary/aromatic N) is 1. The molecule has 2 aromatic rings. The van der Waals surface area contributed by atoms with Crippen LogP contribution in [0.1, 0.15) is 5.56 Å². The Balaban J connectivity index is 2.33. The number of carbonyl (C=O) groups is 1. The lowest BCUT2D eigenvalue weighted by Crippen LogP contribution is -2.04. The van der Waals surface area contributed by atoms with Crippen molar-refractivity contribution in [3.63, 3.8) is 0 Å². The molecule has 0 fully saturated rings. The summed E-state index contributed by atoms with van der Waals surface area (Å²) in [4.78, 5) is 18.0. The number of imidazole rings is 1. The Labute approximate surface area is 91.2 Å². The lowest BCUT2D eigenvalue weighted by atomic mass is 10.1. The van der Waals surface area contributed by atoms with Gasteiger partial charge in [0.2, 0.25) is 5.28 Å². The number of aromatic amines is 1. The van der Waals surface area contributed by atoms with Crippen LogP contribution in [0, 0.1) is 0 Å². The van der Waals surface area contributed by atoms with Crippen molar-refractivity contribution < 1.29 is 9.53 Å². The minimum atomic E-state index is -0.268. The predicted molar refractivity (Wildman–Crippen MR) is 56.8 cm³/mol. The molecule has 15 heavy (non-hydrogen) atoms. The maximum absolute atomic E-state index is 11.0. The average molecular weight is 225 g/mol. The van der Waals surface area contributed by atoms with Crippen LogP contribution < -0.4 is 0 Å². The van der Waals surface area contributed by atoms with E-state index in [1.807, 2.05) is 18.2 Å². The number of halogens is 1. The number of H-pyrrole nitrogens is 1. The van der Waals surface area contributed by atoms with Crippen LogP contribution in [0.25, 0.3) is 11.0 Å². The molecule has 0 aliphatic heterocycles. The highest BCUT2D eigenvalue weighted by Gasteiger charge is 2.05. The molecule has 1 aromatic heterocycles. The van der Waals surface area contributed by atoms with E-state index >= 15 is 0 Å². The molecule has 78 valence electrons. The number of ether oxygens (including phenoxy) is 1. The fraction of sp³-hybridized carbons (Fsp3) is 0.200. The summed E-state index contributed by atoms with van der Waals surface area (Å²) >= 11 is 5.71. The van der Waals surface area contributed by atoms with Crippen molar-refractivity contribution in [2.45, 2.75) is 6.42 Å². The zero-order valence-corrected chi connectivity index (χ0v) is 8.84. The van der Waals surface area contributed by atoms with Crippen molar-refractivity contribution in [1.29, 1.82) is 0 Å². The van der Waals surface area contributed by atoms with E-state index in [4.69, 9.17) is 11.6 Å². The summed E-state index contributed by atoms with van der Waals surface area (Å²) in [5.41, 5.74) is 2.47. The Hall–Kier alpha value is -1.55. The summed E-state index contributed by atoms with van der Waals surface area (Å²) in [6.07, 6.45) is 0.247. The van der Waals surface area contributed by atoms with Crippen LogP contribution in [-0.4, -0.2) is 23.0 Å². The number of esters is 1. The third-order valence-electron chi connectivity index (χ3n) is 2.09. The molecule has 4 nitrogen and oxygen atoms in total. The van der Waals surface area contributed by atoms with E-state index in [0.717, 1.165) is 16.6 Å². The van der Waals surface area contributed by atoms with Crippen LogP contribution >= 0.6 is 11.6 Å². The molecule has 1 N–H and O–H groups in total. The number of hydrogen-bond acceptors (Lipinski definition) is 3. The van der Waals surface area contributed by atoms with Gasteiger partial charge in [-0.2, -0.15) is 0 Å². The van der Waals surface area contributed by atoms with Crippen LogP contribution in [0.3, 0.4) is 0 Å². The molecule has 0 unspecified atom stereocenters. The second-order valence-electron chi connectivity index (χ2n) is 3.13. The quantitative estimate of drug-likeness (QED) is 0.793. The molecule has 0 spiro atoms. The first-order chi connectivity index (χ1) is 7.19. The molecule has 0 aliphatic rings. The van der Waals surface area contributed by atoms with Crippen molar-refractivity contribution in [2.24, 2.45) is 0 Å². The van der Waals surface area contributed by atoms with Crippen molar-refractivity contribution in [3.8, 4) is 0 Å². The number of methoxy groups -OCH3 is 1. The molecule has 0 saturated heterocycles. The van der Waals surface area contributed by atoms with E-state index in [9.17, 15) is 4.79 Å². The van der Waals surface area contributed by atoms with Gasteiger partial charge in [-0.15, -0.1) is 0 Å². The van der Waals surface area contributed by atoms with Gasteiger partial charge in [-0.25, -0.2) is 4.98 Å². The highest BCUT2D eigenvalue weighted by molar-refractivity contribution is 6.29. The molecule has 1 heterocycles. The van der Waals surface area contributed by atoms with Crippen LogP contribution in [0.15, 0.2) is 18.2 Å². The highest BCUT2D eigenvalue weighted by Crippen LogP contribution is 2.16. The van der Waals surface area contributed by atoms with Gasteiger partial charge in [0, 0.05) is 0 Å². The smallest absolute Gasteiger partial charge is 0.309 e. The van der Waals surface area contributed by atoms with Gasteiger partial charge in [-0.05, 0) is 29.3 Å². The fourth-order valence-electron chi connectivity index (χ4n) is 1.37. The Kier molecular flexibility index (Phi) is 2.60. The van der Waals surface area contributed by atoms with Gasteiger partial charge in [-0.1, -0.05) is 6.07 Å². The maximum Gasteiger partial charge on any atom is 0.309 e. The first-order valence-electron chi connectivity index (χ1n) is 4.40. The standard InChI is InChI=1S/C10H9ClN2O2/c1-15-9(14)5-6-2-3-7-8(4-6)13-10(11)12-7/h2-4H,5H2,1H3,(H,12,13). The second kappa shape index (κ2) is 3.90. The number of nitrogens with one attached hydrogen (secondary N) is 1. The SMILES string of the molecule is COC(=O)Cc1ccc2[nH]c(Cl)nc2c1. The Morgan fingerprint density at radius 1 is 1.60 bits per heavy atom. The number of hydrogen-bond donors (Lipinski definition) is 1. The van der Waals surface area contributed by atoms with Crippen LogP contribution in [0.4, 0.5) is 0 Å². The number of rotatable bonds is 2. The van der Waals surface area contributed by atoms with Gasteiger partial charge >= 0.3 is 5.97 Å². The maximum atomic E-state index is 11.0. The van der Waals surface area contributed by atoms with Gasteiger partial charge in [0.05, 0.1) is 24.6 Å². The molecule has 0 bridgehead atoms. The Bertz CT molecular complexity index is 507. The van der Waals surface area contributed by atoms with Gasteiger partial charge in [0.25, 0.3) is 0 Å². The van der Waals surface area contributed by atoms with Crippen molar-refractivity contribution in [2.75, 3.05) is 7.11 Å². The summed E-state index contributed by atoms with van der Waals surface area (Å²) in [5, 5.41) is 0.347. The van der Waals surface area contributed by atoms with E-state index in [0.29, 0.717) is 5.28 Å². The number of aromatic nitrogens is 2. The average Bonchev–Trinajstić information content (AvgIpc) is 2.57. The first kappa shape index (κ1) is 9.98. The fourth-order valence-corrected chi connectivity index (χ4v) is 1.56. The van der Waals surface area contributed by atoms with Gasteiger partial charge in [-0.3, -0.25) is 4.79 Å². The van der Waals surface area contributed by atoms with Crippen LogP contribution in [0.2, 0.25) is 5.28 Å². The third-order valence-corrected chi connectivity index (χ3v) is 2.27. The first-order valence-corrected chi connectivity index (χ1v) is 4.78. The molecule has 0 radical (unpaired) electrons. The predicted octanol–water partition coefficient (Wildman–Crippen LogP) is 1.93. The minimum absolute atomic E-state index is 0.247. The Morgan fingerprint density at radius 2 is 2.40 bits per heavy atom. The van der Waals surface area contributed by atoms with E-state index < -0.39 is 0 Å². The summed E-state index contributed by atoms with van der Waals surface area (Å²) in [6, 6.07) is 5.49. The van der Waals surface area contributed by atoms with E-state index in [1.165, 1.54) is 7.11 Å². The van der Waals surface area contributed by atoms with Gasteiger partial charge in [0.15, 0.2) is 0 Å². The second-order valence-corrected chi connectivity index (χ2v) is 3.49. The molecular formula is C10H9ClN2O2. The van der Waals surface area contributed by atoms with Crippen LogP contribution in [-0.2, 0) is 16.0 Å². The lowest BCUT2D eigenvalue weighted by molar-refractivity contribution is -0.139. The monoisotopic (exact) mass is 224 g/mol. The van der Waals surface area contributed by atoms with E-state index in [-0.39, 0.29) is 12.4 Å². The largest absolute Gasteiger partial charge is 0.469 e. The number of fused-ring (bicyclic) bond motifs is 1. The normalized spacial score (nSPS) is 10.5. The van der Waals surface area contributed by atoms with Crippen molar-refractivity contribution >= 4 is 28.6 Å². The number of benzene rings is 1. The summed E-state index contributed by atoms with van der Waals surface area (Å²) in [5.74, 6) is -0.268. The zero-order valence-electron chi connectivity index (χ0n) is 8.08. The summed E-state index contributed by atoms with van der Waals surface area (Å²) in [6.45, 7) is 0. The van der Waals surface area contributed by atoms with Crippen LogP contribution in [0.5, 0.6) is 0 Å². The van der Waals surface area contributed by atoms with E-state index in [2.05, 4.69) is 14.7 Å². The highest BCUT2D eigenvalue weighted by atomic mass is 35.5. The van der Waals surface area contributed by atoms with Crippen molar-refractivity contribution in [3.05, 3.63) is 29.0 Å². The molecule has 0 saturated carbocycles. The third kappa shape index (κ3) is 2.10. The molecule has 2 rings (SSSR count). The van der Waals surface area contributed by atoms with Gasteiger partial charge < -0.3 is 9.72 Å². The summed E-state index contributed by atoms with van der Waals surface area (Å²) < 4.78 is 4.58. The molecule has 0 atom stereocenters. The zero-order chi connectivity index (χ0) is 10.8. The number of carbonyl (C=O) groups excluding carboxylic acids is 1. The lowest BCUT2D eigenvalue weighted by Gasteiger charge is -1.99. The minimum Gasteiger partial charge on any atom is -0.469 e. The van der Waals surface area contributed by atoms with Crippen molar-refractivity contribution in [1.82, 2.24) is 9.97 Å². The molecule has 0 amide bonds. The van der Waals surface area contributed by atoms with Gasteiger partial charge in [0.1, 0.15) is 0 Å². The Morgan fingerprint density at radius 3 is 3.13 bits per heavy atom. The molecule has 0 aliphatic carbocycles. The summed E-state index contributed by atoms with van der Waals surface area (Å²) in [7, 11) is 1.37. The molecular weight excluding hydrogens is 216 g/mol. The molecule has 1 aromatic carbocycles. The topological polar surface area (TPSA) is 55.0 Å². The van der Waals surface area contributed by atoms with E-state index in [1.54, 1.807) is 0 Å². The molecule has 5 heteroatoms.